The van der Waals surface area contributed by atoms with E-state index in [2.05, 4.69) is 58.0 Å². The number of alkyl halides is 3. The zero-order chi connectivity index (χ0) is 13.4. The Morgan fingerprint density at radius 1 is 1.11 bits per heavy atom. The number of hydrogen-bond donors (Lipinski definition) is 0. The van der Waals surface area contributed by atoms with Gasteiger partial charge in [0.2, 0.25) is 11.3 Å². The van der Waals surface area contributed by atoms with Gasteiger partial charge < -0.3 is 0 Å². The third-order valence-electron chi connectivity index (χ3n) is 2.10. The highest BCUT2D eigenvalue weighted by Gasteiger charge is 2.41. The van der Waals surface area contributed by atoms with Gasteiger partial charge in [-0.25, -0.2) is 8.42 Å². The van der Waals surface area contributed by atoms with E-state index in [9.17, 15) is 8.42 Å². The first kappa shape index (κ1) is 14.2. The molecule has 0 aliphatic heterocycles. The number of nitrogens with zero attached hydrogens (tertiary/aromatic N) is 3. The molecule has 0 atom stereocenters. The summed E-state index contributed by atoms with van der Waals surface area (Å²) in [6.07, 6.45) is 1.35. The normalized spacial score (nSPS) is 12.6. The first-order valence-electron chi connectivity index (χ1n) is 4.61. The molecule has 1 heterocycles. The zero-order valence-electron chi connectivity index (χ0n) is 8.66. The minimum absolute atomic E-state index is 0.167. The molecule has 0 saturated heterocycles. The van der Waals surface area contributed by atoms with Crippen LogP contribution in [0.3, 0.4) is 0 Å². The molecule has 0 aliphatic carbocycles. The van der Waals surface area contributed by atoms with Crippen molar-refractivity contribution in [2.75, 3.05) is 0 Å². The molecular weight excluding hydrogens is 454 g/mol. The van der Waals surface area contributed by atoms with Crippen LogP contribution >= 0.6 is 47.8 Å². The van der Waals surface area contributed by atoms with E-state index in [0.29, 0.717) is 5.69 Å². The van der Waals surface area contributed by atoms with E-state index >= 15 is 0 Å². The Bertz CT molecular complexity index is 649. The van der Waals surface area contributed by atoms with Crippen LogP contribution in [0.1, 0.15) is 0 Å². The largest absolute Gasteiger partial charge is 0.272 e. The summed E-state index contributed by atoms with van der Waals surface area (Å²) < 4.78 is 24.4. The third kappa shape index (κ3) is 2.54. The van der Waals surface area contributed by atoms with Crippen molar-refractivity contribution in [3.05, 3.63) is 36.7 Å². The molecule has 0 amide bonds. The van der Waals surface area contributed by atoms with Crippen LogP contribution in [-0.4, -0.2) is 24.7 Å². The van der Waals surface area contributed by atoms with Crippen LogP contribution in [0, 0.1) is 0 Å². The molecule has 0 aliphatic rings. The lowest BCUT2D eigenvalue weighted by Gasteiger charge is -2.13. The van der Waals surface area contributed by atoms with Gasteiger partial charge in [0.25, 0.3) is 5.16 Å². The number of aromatic nitrogens is 3. The van der Waals surface area contributed by atoms with Gasteiger partial charge in [0.1, 0.15) is 6.33 Å². The predicted octanol–water partition coefficient (Wildman–Crippen LogP) is 2.84. The summed E-state index contributed by atoms with van der Waals surface area (Å²) in [6, 6.07) is 8.97. The molecule has 2 aromatic rings. The lowest BCUT2D eigenvalue weighted by atomic mass is 10.3. The molecule has 0 N–H and O–H groups in total. The number of benzene rings is 1. The van der Waals surface area contributed by atoms with Gasteiger partial charge in [-0.15, -0.1) is 10.2 Å². The van der Waals surface area contributed by atoms with Crippen LogP contribution in [0.5, 0.6) is 0 Å². The van der Waals surface area contributed by atoms with Gasteiger partial charge in [-0.1, -0.05) is 18.2 Å². The Morgan fingerprint density at radius 3 is 2.28 bits per heavy atom. The van der Waals surface area contributed by atoms with E-state index in [-0.39, 0.29) is 5.16 Å². The standard InChI is InChI=1S/C9H6Br3N3O2S/c10-9(11,12)18(16,17)8-14-13-6-15(8)7-4-2-1-3-5-7/h1-6H. The highest BCUT2D eigenvalue weighted by Crippen LogP contribution is 2.42. The van der Waals surface area contributed by atoms with Gasteiger partial charge in [0.05, 0.1) is 0 Å². The second-order valence-corrected chi connectivity index (χ2v) is 13.6. The fourth-order valence-electron chi connectivity index (χ4n) is 1.28. The van der Waals surface area contributed by atoms with Crippen molar-refractivity contribution in [3.63, 3.8) is 0 Å². The topological polar surface area (TPSA) is 64.8 Å². The summed E-state index contributed by atoms with van der Waals surface area (Å²) in [5.74, 6) is 0. The number of halogens is 3. The Kier molecular flexibility index (Phi) is 3.96. The van der Waals surface area contributed by atoms with E-state index in [4.69, 9.17) is 0 Å². The zero-order valence-corrected chi connectivity index (χ0v) is 14.2. The summed E-state index contributed by atoms with van der Waals surface area (Å²) in [6.45, 7) is 0. The first-order valence-corrected chi connectivity index (χ1v) is 8.47. The lowest BCUT2D eigenvalue weighted by molar-refractivity contribution is 0.586. The van der Waals surface area contributed by atoms with Crippen LogP contribution < -0.4 is 0 Å². The van der Waals surface area contributed by atoms with E-state index in [0.717, 1.165) is 0 Å². The van der Waals surface area contributed by atoms with Crippen molar-refractivity contribution >= 4 is 57.6 Å². The van der Waals surface area contributed by atoms with Crippen LogP contribution in [-0.2, 0) is 9.84 Å². The molecule has 96 valence electrons. The lowest BCUT2D eigenvalue weighted by Crippen LogP contribution is -2.21. The Morgan fingerprint density at radius 2 is 1.72 bits per heavy atom. The maximum Gasteiger partial charge on any atom is 0.257 e. The minimum atomic E-state index is -3.77. The Labute approximate surface area is 129 Å². The molecule has 0 saturated carbocycles. The number of rotatable bonds is 2. The maximum atomic E-state index is 12.2. The Balaban J connectivity index is 2.61. The predicted molar refractivity (Wildman–Crippen MR) is 78.1 cm³/mol. The molecule has 0 fully saturated rings. The number of sulfone groups is 1. The van der Waals surface area contributed by atoms with Gasteiger partial charge in [0, 0.05) is 5.69 Å². The molecule has 1 aromatic carbocycles. The third-order valence-corrected chi connectivity index (χ3v) is 7.30. The van der Waals surface area contributed by atoms with Crippen molar-refractivity contribution < 1.29 is 8.42 Å². The van der Waals surface area contributed by atoms with Gasteiger partial charge >= 0.3 is 0 Å². The molecule has 5 nitrogen and oxygen atoms in total. The van der Waals surface area contributed by atoms with E-state index < -0.39 is 11.3 Å². The van der Waals surface area contributed by atoms with Crippen LogP contribution in [0.2, 0.25) is 0 Å². The maximum absolute atomic E-state index is 12.2. The molecular formula is C9H6Br3N3O2S. The van der Waals surface area contributed by atoms with E-state index in [1.807, 2.05) is 6.07 Å². The molecule has 0 unspecified atom stereocenters. The average Bonchev–Trinajstić information content (AvgIpc) is 2.78. The van der Waals surface area contributed by atoms with Gasteiger partial charge in [-0.3, -0.25) is 4.57 Å². The summed E-state index contributed by atoms with van der Waals surface area (Å²) in [7, 11) is -3.77. The number of hydrogen-bond acceptors (Lipinski definition) is 4. The van der Waals surface area contributed by atoms with Crippen molar-refractivity contribution in [1.29, 1.82) is 0 Å². The fourth-order valence-corrected chi connectivity index (χ4v) is 3.35. The fraction of sp³-hybridized carbons (Fsp3) is 0.111. The van der Waals surface area contributed by atoms with Crippen molar-refractivity contribution in [2.45, 2.75) is 6.63 Å². The highest BCUT2D eigenvalue weighted by atomic mass is 80.0. The molecule has 0 radical (unpaired) electrons. The van der Waals surface area contributed by atoms with Crippen molar-refractivity contribution in [2.24, 2.45) is 0 Å². The summed E-state index contributed by atoms with van der Waals surface area (Å²) in [4.78, 5) is 0. The summed E-state index contributed by atoms with van der Waals surface area (Å²) >= 11 is 8.98. The molecule has 0 spiro atoms. The van der Waals surface area contributed by atoms with Crippen LogP contribution in [0.25, 0.3) is 5.69 Å². The molecule has 9 heteroatoms. The second-order valence-electron chi connectivity index (χ2n) is 3.27. The smallest absolute Gasteiger partial charge is 0.257 e. The highest BCUT2D eigenvalue weighted by molar-refractivity contribution is 9.42. The van der Waals surface area contributed by atoms with Crippen LogP contribution in [0.15, 0.2) is 41.8 Å². The molecule has 18 heavy (non-hydrogen) atoms. The summed E-state index contributed by atoms with van der Waals surface area (Å²) in [5, 5.41) is 7.15. The quantitative estimate of drug-likeness (QED) is 0.648. The monoisotopic (exact) mass is 457 g/mol. The van der Waals surface area contributed by atoms with Gasteiger partial charge in [-0.2, -0.15) is 0 Å². The summed E-state index contributed by atoms with van der Waals surface area (Å²) in [5.41, 5.74) is 0.665. The first-order chi connectivity index (χ1) is 8.34. The van der Waals surface area contributed by atoms with E-state index in [1.165, 1.54) is 10.9 Å². The SMILES string of the molecule is O=S(=O)(c1nncn1-c1ccccc1)C(Br)(Br)Br. The molecule has 0 bridgehead atoms. The van der Waals surface area contributed by atoms with Crippen molar-refractivity contribution in [3.8, 4) is 5.69 Å². The average molecular weight is 460 g/mol. The number of para-hydroxylation sites is 1. The molecule has 1 aromatic heterocycles. The Hall–Kier alpha value is -0.250. The molecule has 2 rings (SSSR count). The van der Waals surface area contributed by atoms with E-state index in [1.54, 1.807) is 24.3 Å². The van der Waals surface area contributed by atoms with Gasteiger partial charge in [-0.05, 0) is 59.9 Å². The second kappa shape index (κ2) is 5.03. The van der Waals surface area contributed by atoms with Gasteiger partial charge in [0.15, 0.2) is 0 Å². The van der Waals surface area contributed by atoms with Crippen LogP contribution in [0.4, 0.5) is 0 Å². The minimum Gasteiger partial charge on any atom is -0.272 e. The van der Waals surface area contributed by atoms with Crippen molar-refractivity contribution in [1.82, 2.24) is 14.8 Å².